The summed E-state index contributed by atoms with van der Waals surface area (Å²) in [5, 5.41) is 12.0. The summed E-state index contributed by atoms with van der Waals surface area (Å²) in [6, 6.07) is 20.5. The van der Waals surface area contributed by atoms with E-state index in [1.807, 2.05) is 30.3 Å². The molecule has 0 unspecified atom stereocenters. The third-order valence-electron chi connectivity index (χ3n) is 5.40. The number of amides is 1. The van der Waals surface area contributed by atoms with Crippen LogP contribution in [-0.4, -0.2) is 34.6 Å². The summed E-state index contributed by atoms with van der Waals surface area (Å²) in [5.74, 6) is 2.96. The summed E-state index contributed by atoms with van der Waals surface area (Å²) < 4.78 is 50.0. The van der Waals surface area contributed by atoms with E-state index in [9.17, 15) is 27.9 Å². The van der Waals surface area contributed by atoms with E-state index in [4.69, 9.17) is 9.15 Å². The van der Waals surface area contributed by atoms with Crippen molar-refractivity contribution in [2.24, 2.45) is 0 Å². The number of carboxylic acids is 1. The van der Waals surface area contributed by atoms with Crippen LogP contribution in [0.2, 0.25) is 0 Å². The zero-order valence-electron chi connectivity index (χ0n) is 20.2. The van der Waals surface area contributed by atoms with Crippen LogP contribution in [0.5, 0.6) is 0 Å². The van der Waals surface area contributed by atoms with Gasteiger partial charge in [-0.15, -0.1) is 0 Å². The van der Waals surface area contributed by atoms with Gasteiger partial charge in [0.1, 0.15) is 0 Å². The number of nitrogens with one attached hydrogen (secondary N) is 1. The molecule has 0 spiro atoms. The number of aliphatic carboxylic acids is 1. The Morgan fingerprint density at radius 2 is 1.59 bits per heavy atom. The predicted octanol–water partition coefficient (Wildman–Crippen LogP) is 5.16. The lowest BCUT2D eigenvalue weighted by molar-refractivity contribution is -0.141. The van der Waals surface area contributed by atoms with E-state index in [1.54, 1.807) is 30.3 Å². The number of hydrogen-bond donors (Lipinski definition) is 2. The highest BCUT2D eigenvalue weighted by Crippen LogP contribution is 2.31. The highest BCUT2D eigenvalue weighted by Gasteiger charge is 2.31. The molecule has 1 heterocycles. The second-order valence-corrected chi connectivity index (χ2v) is 8.25. The summed E-state index contributed by atoms with van der Waals surface area (Å²) >= 11 is 0. The van der Waals surface area contributed by atoms with Crippen molar-refractivity contribution in [3.05, 3.63) is 113 Å². The summed E-state index contributed by atoms with van der Waals surface area (Å²) in [4.78, 5) is 29.0. The Bertz CT molecular complexity index is 1490. The first-order valence-electron chi connectivity index (χ1n) is 11.6. The molecule has 0 saturated carbocycles. The number of nitrogens with zero attached hydrogens (tertiary/aromatic N) is 1. The predicted molar refractivity (Wildman–Crippen MR) is 134 cm³/mol. The van der Waals surface area contributed by atoms with Gasteiger partial charge in [-0.25, -0.2) is 9.78 Å². The molecule has 0 bridgehead atoms. The third kappa shape index (κ3) is 7.34. The van der Waals surface area contributed by atoms with Crippen LogP contribution in [0.4, 0.5) is 13.2 Å². The number of rotatable bonds is 8. The fourth-order valence-corrected chi connectivity index (χ4v) is 3.40. The quantitative estimate of drug-likeness (QED) is 0.303. The molecule has 1 atom stereocenters. The van der Waals surface area contributed by atoms with Gasteiger partial charge in [0, 0.05) is 11.1 Å². The largest absolute Gasteiger partial charge is 0.480 e. The summed E-state index contributed by atoms with van der Waals surface area (Å²) in [5.41, 5.74) is 0.422. The van der Waals surface area contributed by atoms with Gasteiger partial charge in [0.2, 0.25) is 11.7 Å². The van der Waals surface area contributed by atoms with Crippen LogP contribution < -0.4 is 5.32 Å². The number of carboxylic acid groups (broad SMARTS) is 1. The lowest BCUT2D eigenvalue weighted by atomic mass is 10.1. The molecule has 2 N–H and O–H groups in total. The molecule has 0 aliphatic rings. The van der Waals surface area contributed by atoms with E-state index in [0.717, 1.165) is 29.8 Å². The Kier molecular flexibility index (Phi) is 8.43. The maximum atomic E-state index is 13.1. The van der Waals surface area contributed by atoms with Crippen molar-refractivity contribution in [3.63, 3.8) is 0 Å². The van der Waals surface area contributed by atoms with Gasteiger partial charge in [-0.05, 0) is 47.9 Å². The van der Waals surface area contributed by atoms with Crippen molar-refractivity contribution in [1.82, 2.24) is 10.3 Å². The monoisotopic (exact) mass is 534 g/mol. The maximum absolute atomic E-state index is 13.1. The molecule has 7 nitrogen and oxygen atoms in total. The fraction of sp³-hybridized carbons (Fsp3) is 0.138. The van der Waals surface area contributed by atoms with Crippen molar-refractivity contribution in [2.45, 2.75) is 18.8 Å². The number of carbonyl (C=O) groups excluding carboxylic acids is 1. The molecule has 1 aromatic heterocycles. The number of carbonyl (C=O) groups is 2. The van der Waals surface area contributed by atoms with Crippen molar-refractivity contribution >= 4 is 11.9 Å². The molecule has 198 valence electrons. The van der Waals surface area contributed by atoms with Crippen molar-refractivity contribution in [3.8, 4) is 23.3 Å². The third-order valence-corrected chi connectivity index (χ3v) is 5.40. The topological polar surface area (TPSA) is 102 Å². The van der Waals surface area contributed by atoms with Crippen molar-refractivity contribution < 1.29 is 37.0 Å². The molecule has 0 radical (unpaired) electrons. The summed E-state index contributed by atoms with van der Waals surface area (Å²) in [6.45, 7) is -0.194. The average molecular weight is 534 g/mol. The minimum absolute atomic E-state index is 0.135. The van der Waals surface area contributed by atoms with Gasteiger partial charge in [0.25, 0.3) is 5.91 Å². The van der Waals surface area contributed by atoms with E-state index in [-0.39, 0.29) is 36.1 Å². The van der Waals surface area contributed by atoms with Crippen molar-refractivity contribution in [2.75, 3.05) is 6.61 Å². The van der Waals surface area contributed by atoms with Gasteiger partial charge >= 0.3 is 12.1 Å². The molecular weight excluding hydrogens is 513 g/mol. The second-order valence-electron chi connectivity index (χ2n) is 8.25. The van der Waals surface area contributed by atoms with Crippen LogP contribution in [0.15, 0.2) is 89.3 Å². The normalized spacial score (nSPS) is 11.8. The number of aromatic nitrogens is 1. The van der Waals surface area contributed by atoms with Crippen LogP contribution in [-0.2, 0) is 22.3 Å². The minimum atomic E-state index is -4.53. The lowest BCUT2D eigenvalue weighted by Gasteiger charge is -2.14. The van der Waals surface area contributed by atoms with Crippen LogP contribution in [0, 0.1) is 11.8 Å². The number of ether oxygens (including phenoxy) is 1. The van der Waals surface area contributed by atoms with Crippen LogP contribution >= 0.6 is 0 Å². The Hall–Kier alpha value is -4.88. The Balaban J connectivity index is 1.58. The molecule has 39 heavy (non-hydrogen) atoms. The Morgan fingerprint density at radius 3 is 2.21 bits per heavy atom. The minimum Gasteiger partial charge on any atom is -0.480 e. The fourth-order valence-electron chi connectivity index (χ4n) is 3.40. The van der Waals surface area contributed by atoms with E-state index in [2.05, 4.69) is 22.1 Å². The summed E-state index contributed by atoms with van der Waals surface area (Å²) in [6.07, 6.45) is -4.53. The highest BCUT2D eigenvalue weighted by atomic mass is 19.4. The number of benzene rings is 3. The number of hydrogen-bond acceptors (Lipinski definition) is 5. The smallest absolute Gasteiger partial charge is 0.416 e. The van der Waals surface area contributed by atoms with E-state index < -0.39 is 29.7 Å². The van der Waals surface area contributed by atoms with Gasteiger partial charge in [-0.1, -0.05) is 54.5 Å². The molecule has 3 aromatic carbocycles. The first kappa shape index (κ1) is 27.2. The standard InChI is InChI=1S/C29H21F3N2O5/c30-29(31,32)22-14-12-21(13-15-22)27-34-25(24(39-27)16-11-19-7-3-1-4-8-19)26(35)33-23(28(36)37)18-38-17-20-9-5-2-6-10-20/h1-10,12-15,23H,17-18H2,(H,33,35)(H,36,37)/t23-/m0/s1. The van der Waals surface area contributed by atoms with Crippen LogP contribution in [0.25, 0.3) is 11.5 Å². The van der Waals surface area contributed by atoms with E-state index in [1.165, 1.54) is 0 Å². The molecule has 4 rings (SSSR count). The van der Waals surface area contributed by atoms with E-state index in [0.29, 0.717) is 5.56 Å². The van der Waals surface area contributed by atoms with Crippen LogP contribution in [0.3, 0.4) is 0 Å². The first-order valence-corrected chi connectivity index (χ1v) is 11.6. The average Bonchev–Trinajstić information content (AvgIpc) is 3.36. The number of alkyl halides is 3. The zero-order chi connectivity index (χ0) is 27.8. The SMILES string of the molecule is O=C(N[C@@H](COCc1ccccc1)C(=O)O)c1nc(-c2ccc(C(F)(F)F)cc2)oc1C#Cc1ccccc1. The van der Waals surface area contributed by atoms with Gasteiger partial charge in [-0.2, -0.15) is 13.2 Å². The van der Waals surface area contributed by atoms with Gasteiger partial charge in [0.05, 0.1) is 18.8 Å². The molecule has 4 aromatic rings. The lowest BCUT2D eigenvalue weighted by Crippen LogP contribution is -2.44. The Labute approximate surface area is 221 Å². The molecule has 0 fully saturated rings. The Morgan fingerprint density at radius 1 is 0.949 bits per heavy atom. The maximum Gasteiger partial charge on any atom is 0.416 e. The van der Waals surface area contributed by atoms with Crippen molar-refractivity contribution in [1.29, 1.82) is 0 Å². The molecular formula is C29H21F3N2O5. The van der Waals surface area contributed by atoms with Crippen LogP contribution in [0.1, 0.15) is 32.9 Å². The highest BCUT2D eigenvalue weighted by molar-refractivity contribution is 5.97. The molecule has 0 saturated heterocycles. The molecule has 10 heteroatoms. The number of oxazole rings is 1. The first-order chi connectivity index (χ1) is 18.7. The molecule has 0 aliphatic carbocycles. The number of halogens is 3. The van der Waals surface area contributed by atoms with Gasteiger partial charge in [0.15, 0.2) is 11.7 Å². The zero-order valence-corrected chi connectivity index (χ0v) is 20.2. The van der Waals surface area contributed by atoms with Gasteiger partial charge in [-0.3, -0.25) is 4.79 Å². The molecule has 1 amide bonds. The molecule has 0 aliphatic heterocycles. The summed E-state index contributed by atoms with van der Waals surface area (Å²) in [7, 11) is 0. The second kappa shape index (κ2) is 12.1. The van der Waals surface area contributed by atoms with E-state index >= 15 is 0 Å². The van der Waals surface area contributed by atoms with Gasteiger partial charge < -0.3 is 19.6 Å².